The zero-order valence-electron chi connectivity index (χ0n) is 17.1. The van der Waals surface area contributed by atoms with Crippen LogP contribution in [0.25, 0.3) is 11.3 Å². The smallest absolute Gasteiger partial charge is 0.268 e. The second kappa shape index (κ2) is 10.6. The van der Waals surface area contributed by atoms with Crippen molar-refractivity contribution in [1.82, 2.24) is 10.8 Å². The highest BCUT2D eigenvalue weighted by Crippen LogP contribution is 2.21. The van der Waals surface area contributed by atoms with Gasteiger partial charge in [-0.05, 0) is 61.1 Å². The largest absolute Gasteiger partial charge is 0.448 e. The molecule has 7 nitrogen and oxygen atoms in total. The molecule has 2 amide bonds. The number of carbonyl (C=O) groups excluding carboxylic acids is 2. The van der Waals surface area contributed by atoms with E-state index in [0.717, 1.165) is 11.3 Å². The molecule has 2 aromatic carbocycles. The Hall–Kier alpha value is -4.30. The number of carbonyl (C=O) groups is 2. The van der Waals surface area contributed by atoms with Crippen LogP contribution < -0.4 is 10.8 Å². The third-order valence-electron chi connectivity index (χ3n) is 4.43. The number of hydrogen-bond acceptors (Lipinski definition) is 5. The second-order valence-corrected chi connectivity index (χ2v) is 6.78. The lowest BCUT2D eigenvalue weighted by Crippen LogP contribution is -2.51. The monoisotopic (exact) mass is 428 g/mol. The van der Waals surface area contributed by atoms with Gasteiger partial charge >= 0.3 is 0 Å². The number of benzene rings is 2. The Morgan fingerprint density at radius 3 is 2.28 bits per heavy atom. The minimum atomic E-state index is -1.29. The van der Waals surface area contributed by atoms with Crippen LogP contribution in [0, 0.1) is 23.7 Å². The topological polar surface area (TPSA) is 112 Å². The molecule has 2 atom stereocenters. The van der Waals surface area contributed by atoms with Crippen molar-refractivity contribution in [3.8, 4) is 35.0 Å². The summed E-state index contributed by atoms with van der Waals surface area (Å²) >= 11 is 0. The van der Waals surface area contributed by atoms with E-state index in [1.54, 1.807) is 18.2 Å². The van der Waals surface area contributed by atoms with E-state index in [4.69, 9.17) is 9.62 Å². The van der Waals surface area contributed by atoms with Crippen molar-refractivity contribution >= 4 is 11.8 Å². The van der Waals surface area contributed by atoms with Gasteiger partial charge in [-0.15, -0.1) is 0 Å². The number of amides is 2. The zero-order valence-corrected chi connectivity index (χ0v) is 17.1. The van der Waals surface area contributed by atoms with E-state index in [9.17, 15) is 14.7 Å². The molecule has 0 fully saturated rings. The number of nitrogens with one attached hydrogen (secondary N) is 2. The highest BCUT2D eigenvalue weighted by molar-refractivity contribution is 5.97. The van der Waals surface area contributed by atoms with Crippen molar-refractivity contribution in [1.29, 1.82) is 0 Å². The summed E-state index contributed by atoms with van der Waals surface area (Å²) in [7, 11) is 0. The summed E-state index contributed by atoms with van der Waals surface area (Å²) in [6.45, 7) is 1.32. The first-order valence-electron chi connectivity index (χ1n) is 9.68. The van der Waals surface area contributed by atoms with Gasteiger partial charge in [-0.25, -0.2) is 5.48 Å². The van der Waals surface area contributed by atoms with Gasteiger partial charge in [-0.2, -0.15) is 0 Å². The standard InChI is InChI=1S/C25H20N2O5/c1-17(28)23(25(30)27-31)26-24(29)20-13-11-18(12-14-20)7-5-6-10-21-15-16-22(32-21)19-8-3-2-4-9-19/h2-4,8-9,11-17,23,28,31H,1H3,(H,26,29)(H,27,30)/t17-,23+/m1/s1. The molecule has 0 aliphatic rings. The van der Waals surface area contributed by atoms with Crippen LogP contribution in [0.4, 0.5) is 0 Å². The molecule has 0 saturated heterocycles. The van der Waals surface area contributed by atoms with Crippen LogP contribution in [-0.2, 0) is 4.79 Å². The molecule has 0 radical (unpaired) electrons. The maximum Gasteiger partial charge on any atom is 0.268 e. The number of furan rings is 1. The summed E-state index contributed by atoms with van der Waals surface area (Å²) in [4.78, 5) is 23.8. The fourth-order valence-corrected chi connectivity index (χ4v) is 2.76. The van der Waals surface area contributed by atoms with Gasteiger partial charge in [-0.3, -0.25) is 14.8 Å². The molecule has 32 heavy (non-hydrogen) atoms. The number of aliphatic hydroxyl groups is 1. The van der Waals surface area contributed by atoms with Crippen LogP contribution in [0.1, 0.15) is 28.6 Å². The van der Waals surface area contributed by atoms with E-state index >= 15 is 0 Å². The highest BCUT2D eigenvalue weighted by atomic mass is 16.5. The first-order chi connectivity index (χ1) is 15.5. The lowest BCUT2D eigenvalue weighted by atomic mass is 10.1. The quantitative estimate of drug-likeness (QED) is 0.283. The van der Waals surface area contributed by atoms with Crippen LogP contribution in [0.15, 0.2) is 71.1 Å². The minimum absolute atomic E-state index is 0.266. The molecule has 0 aliphatic carbocycles. The van der Waals surface area contributed by atoms with E-state index in [-0.39, 0.29) is 5.56 Å². The van der Waals surface area contributed by atoms with Crippen LogP contribution in [0.2, 0.25) is 0 Å². The third kappa shape index (κ3) is 5.87. The van der Waals surface area contributed by atoms with Gasteiger partial charge in [0, 0.05) is 16.7 Å². The Labute approximate surface area is 185 Å². The van der Waals surface area contributed by atoms with E-state index in [1.165, 1.54) is 24.5 Å². The average molecular weight is 428 g/mol. The highest BCUT2D eigenvalue weighted by Gasteiger charge is 2.25. The lowest BCUT2D eigenvalue weighted by molar-refractivity contribution is -0.133. The second-order valence-electron chi connectivity index (χ2n) is 6.78. The van der Waals surface area contributed by atoms with Crippen molar-refractivity contribution in [3.05, 3.63) is 83.6 Å². The Balaban J connectivity index is 1.62. The van der Waals surface area contributed by atoms with Gasteiger partial charge in [0.25, 0.3) is 11.8 Å². The molecule has 0 saturated carbocycles. The molecule has 0 unspecified atom stereocenters. The van der Waals surface area contributed by atoms with Crippen LogP contribution in [-0.4, -0.2) is 34.3 Å². The van der Waals surface area contributed by atoms with E-state index in [0.29, 0.717) is 11.3 Å². The number of rotatable bonds is 5. The molecular formula is C25H20N2O5. The molecular weight excluding hydrogens is 408 g/mol. The SMILES string of the molecule is C[C@@H](O)[C@H](NC(=O)c1ccc(C#CC#Cc2ccc(-c3ccccc3)o2)cc1)C(=O)NO. The molecule has 1 aromatic heterocycles. The van der Waals surface area contributed by atoms with E-state index in [1.807, 2.05) is 36.4 Å². The Kier molecular flexibility index (Phi) is 7.45. The van der Waals surface area contributed by atoms with Gasteiger partial charge in [0.05, 0.1) is 6.10 Å². The molecule has 7 heteroatoms. The number of aliphatic hydroxyl groups excluding tert-OH is 1. The molecule has 0 spiro atoms. The minimum Gasteiger partial charge on any atom is -0.448 e. The Bertz CT molecular complexity index is 1210. The van der Waals surface area contributed by atoms with Crippen molar-refractivity contribution < 1.29 is 24.3 Å². The predicted octanol–water partition coefficient (Wildman–Crippen LogP) is 2.33. The molecule has 0 bridgehead atoms. The summed E-state index contributed by atoms with van der Waals surface area (Å²) in [5.74, 6) is 10.9. The maximum absolute atomic E-state index is 12.3. The fourth-order valence-electron chi connectivity index (χ4n) is 2.76. The summed E-state index contributed by atoms with van der Waals surface area (Å²) in [5, 5.41) is 20.7. The molecule has 1 heterocycles. The fraction of sp³-hybridized carbons (Fsp3) is 0.120. The third-order valence-corrected chi connectivity index (χ3v) is 4.43. The average Bonchev–Trinajstić information content (AvgIpc) is 3.29. The van der Waals surface area contributed by atoms with E-state index < -0.39 is 24.0 Å². The predicted molar refractivity (Wildman–Crippen MR) is 117 cm³/mol. The lowest BCUT2D eigenvalue weighted by Gasteiger charge is -2.19. The zero-order chi connectivity index (χ0) is 22.9. The van der Waals surface area contributed by atoms with E-state index in [2.05, 4.69) is 29.0 Å². The van der Waals surface area contributed by atoms with Gasteiger partial charge in [0.15, 0.2) is 5.76 Å². The van der Waals surface area contributed by atoms with Crippen molar-refractivity contribution in [2.24, 2.45) is 0 Å². The van der Waals surface area contributed by atoms with Gasteiger partial charge in [0.2, 0.25) is 0 Å². The van der Waals surface area contributed by atoms with Gasteiger partial charge in [-0.1, -0.05) is 36.3 Å². The summed E-state index contributed by atoms with van der Waals surface area (Å²) < 4.78 is 5.69. The van der Waals surface area contributed by atoms with Crippen LogP contribution in [0.5, 0.6) is 0 Å². The summed E-state index contributed by atoms with van der Waals surface area (Å²) in [5.41, 5.74) is 3.28. The maximum atomic E-state index is 12.3. The molecule has 0 aliphatic heterocycles. The normalized spacial score (nSPS) is 11.7. The van der Waals surface area contributed by atoms with Crippen molar-refractivity contribution in [2.45, 2.75) is 19.1 Å². The van der Waals surface area contributed by atoms with Crippen LogP contribution in [0.3, 0.4) is 0 Å². The van der Waals surface area contributed by atoms with Gasteiger partial charge in [0.1, 0.15) is 11.8 Å². The molecule has 3 aromatic rings. The number of hydroxylamine groups is 1. The summed E-state index contributed by atoms with van der Waals surface area (Å²) in [6.07, 6.45) is -1.19. The molecule has 160 valence electrons. The Morgan fingerprint density at radius 1 is 0.938 bits per heavy atom. The van der Waals surface area contributed by atoms with Crippen molar-refractivity contribution in [2.75, 3.05) is 0 Å². The first kappa shape index (κ1) is 22.4. The van der Waals surface area contributed by atoms with Crippen LogP contribution >= 0.6 is 0 Å². The Morgan fingerprint density at radius 2 is 1.62 bits per heavy atom. The summed E-state index contributed by atoms with van der Waals surface area (Å²) in [6, 6.07) is 18.4. The van der Waals surface area contributed by atoms with Gasteiger partial charge < -0.3 is 14.8 Å². The molecule has 3 rings (SSSR count). The number of hydrogen-bond donors (Lipinski definition) is 4. The molecule has 4 N–H and O–H groups in total. The first-order valence-corrected chi connectivity index (χ1v) is 9.68. The van der Waals surface area contributed by atoms with Crippen molar-refractivity contribution in [3.63, 3.8) is 0 Å².